The Morgan fingerprint density at radius 3 is 2.23 bits per heavy atom. The zero-order valence-electron chi connectivity index (χ0n) is 15.3. The largest absolute Gasteiger partial charge is 0.325 e. The Bertz CT molecular complexity index is 803. The van der Waals surface area contributed by atoms with Crippen LogP contribution in [-0.2, 0) is 27.7 Å². The Balaban J connectivity index is 1.90. The summed E-state index contributed by atoms with van der Waals surface area (Å²) in [5.74, 6) is -0.334. The molecule has 140 valence electrons. The molecule has 0 radical (unpaired) electrons. The molecule has 0 saturated carbocycles. The van der Waals surface area contributed by atoms with Gasteiger partial charge < -0.3 is 5.32 Å². The van der Waals surface area contributed by atoms with Crippen LogP contribution in [0.3, 0.4) is 0 Å². The van der Waals surface area contributed by atoms with Crippen LogP contribution >= 0.6 is 0 Å². The second-order valence-electron chi connectivity index (χ2n) is 6.28. The van der Waals surface area contributed by atoms with E-state index in [1.165, 1.54) is 9.87 Å². The predicted octanol–water partition coefficient (Wildman–Crippen LogP) is 3.08. The van der Waals surface area contributed by atoms with Gasteiger partial charge in [0.2, 0.25) is 15.9 Å². The van der Waals surface area contributed by atoms with E-state index in [0.29, 0.717) is 18.7 Å². The van der Waals surface area contributed by atoms with Crippen molar-refractivity contribution in [2.75, 3.05) is 24.7 Å². The van der Waals surface area contributed by atoms with Gasteiger partial charge in [0, 0.05) is 12.2 Å². The smallest absolute Gasteiger partial charge is 0.239 e. The quantitative estimate of drug-likeness (QED) is 0.733. The van der Waals surface area contributed by atoms with Crippen molar-refractivity contribution in [3.05, 3.63) is 65.7 Å². The van der Waals surface area contributed by atoms with Gasteiger partial charge in [0.15, 0.2) is 0 Å². The molecule has 6 heteroatoms. The number of rotatable bonds is 9. The number of sulfonamides is 1. The molecule has 0 atom stereocenters. The highest BCUT2D eigenvalue weighted by molar-refractivity contribution is 7.88. The summed E-state index contributed by atoms with van der Waals surface area (Å²) in [7, 11) is -3.44. The zero-order chi connectivity index (χ0) is 19.0. The molecule has 0 spiro atoms. The Hall–Kier alpha value is -2.18. The van der Waals surface area contributed by atoms with Gasteiger partial charge in [-0.25, -0.2) is 8.42 Å². The number of hydrogen-bond acceptors (Lipinski definition) is 3. The lowest BCUT2D eigenvalue weighted by atomic mass is 10.1. The summed E-state index contributed by atoms with van der Waals surface area (Å²) >= 11 is 0. The summed E-state index contributed by atoms with van der Waals surface area (Å²) in [4.78, 5) is 12.2. The van der Waals surface area contributed by atoms with Crippen LogP contribution in [0.1, 0.15) is 24.5 Å². The molecular formula is C20H26N2O3S. The number of anilines is 1. The van der Waals surface area contributed by atoms with E-state index < -0.39 is 10.0 Å². The number of carbonyl (C=O) groups is 1. The third-order valence-corrected chi connectivity index (χ3v) is 5.40. The molecule has 1 amide bonds. The summed E-state index contributed by atoms with van der Waals surface area (Å²) in [6.07, 6.45) is 3.50. The Labute approximate surface area is 156 Å². The van der Waals surface area contributed by atoms with Crippen molar-refractivity contribution in [3.8, 4) is 0 Å². The zero-order valence-corrected chi connectivity index (χ0v) is 16.1. The minimum atomic E-state index is -3.44. The highest BCUT2D eigenvalue weighted by Gasteiger charge is 2.19. The summed E-state index contributed by atoms with van der Waals surface area (Å²) in [6.45, 7) is 2.20. The summed E-state index contributed by atoms with van der Waals surface area (Å²) < 4.78 is 25.2. The molecule has 0 aromatic heterocycles. The molecule has 2 aromatic rings. The van der Waals surface area contributed by atoms with Gasteiger partial charge in [0.1, 0.15) is 0 Å². The summed E-state index contributed by atoms with van der Waals surface area (Å²) in [6, 6.07) is 17.4. The molecule has 0 fully saturated rings. The van der Waals surface area contributed by atoms with E-state index in [4.69, 9.17) is 0 Å². The SMILES string of the molecule is CCc1ccc(NC(=O)CN(CCCc2ccccc2)S(C)(=O)=O)cc1. The van der Waals surface area contributed by atoms with Crippen molar-refractivity contribution >= 4 is 21.6 Å². The highest BCUT2D eigenvalue weighted by atomic mass is 32.2. The van der Waals surface area contributed by atoms with Crippen LogP contribution in [0.4, 0.5) is 5.69 Å². The molecule has 0 bridgehead atoms. The summed E-state index contributed by atoms with van der Waals surface area (Å²) in [5, 5.41) is 2.76. The lowest BCUT2D eigenvalue weighted by Crippen LogP contribution is -2.38. The van der Waals surface area contributed by atoms with Gasteiger partial charge in [-0.15, -0.1) is 0 Å². The maximum Gasteiger partial charge on any atom is 0.239 e. The maximum absolute atomic E-state index is 12.2. The van der Waals surface area contributed by atoms with E-state index in [0.717, 1.165) is 24.7 Å². The fraction of sp³-hybridized carbons (Fsp3) is 0.350. The van der Waals surface area contributed by atoms with Crippen LogP contribution in [0, 0.1) is 0 Å². The highest BCUT2D eigenvalue weighted by Crippen LogP contribution is 2.11. The van der Waals surface area contributed by atoms with Gasteiger partial charge in [-0.1, -0.05) is 49.4 Å². The number of nitrogens with zero attached hydrogens (tertiary/aromatic N) is 1. The predicted molar refractivity (Wildman–Crippen MR) is 106 cm³/mol. The van der Waals surface area contributed by atoms with E-state index in [9.17, 15) is 13.2 Å². The average Bonchev–Trinajstić information content (AvgIpc) is 2.61. The summed E-state index contributed by atoms with van der Waals surface area (Å²) in [5.41, 5.74) is 3.01. The molecule has 0 saturated heterocycles. The number of benzene rings is 2. The van der Waals surface area contributed by atoms with Crippen LogP contribution in [0.5, 0.6) is 0 Å². The molecule has 0 aliphatic heterocycles. The van der Waals surface area contributed by atoms with Crippen molar-refractivity contribution < 1.29 is 13.2 Å². The standard InChI is InChI=1S/C20H26N2O3S/c1-3-17-11-13-19(14-12-17)21-20(23)16-22(26(2,24)25)15-7-10-18-8-5-4-6-9-18/h4-6,8-9,11-14H,3,7,10,15-16H2,1-2H3,(H,21,23). The number of aryl methyl sites for hydroxylation is 2. The van der Waals surface area contributed by atoms with Gasteiger partial charge in [0.25, 0.3) is 0 Å². The van der Waals surface area contributed by atoms with E-state index in [1.54, 1.807) is 0 Å². The van der Waals surface area contributed by atoms with Crippen LogP contribution in [0.25, 0.3) is 0 Å². The number of nitrogens with one attached hydrogen (secondary N) is 1. The molecule has 26 heavy (non-hydrogen) atoms. The van der Waals surface area contributed by atoms with Gasteiger partial charge in [0.05, 0.1) is 12.8 Å². The van der Waals surface area contributed by atoms with Crippen molar-refractivity contribution in [2.24, 2.45) is 0 Å². The minimum absolute atomic E-state index is 0.177. The maximum atomic E-state index is 12.2. The van der Waals surface area contributed by atoms with Crippen LogP contribution in [-0.4, -0.2) is 38.0 Å². The first-order chi connectivity index (χ1) is 12.4. The molecule has 0 unspecified atom stereocenters. The van der Waals surface area contributed by atoms with Crippen molar-refractivity contribution in [1.29, 1.82) is 0 Å². The fourth-order valence-corrected chi connectivity index (χ4v) is 3.46. The van der Waals surface area contributed by atoms with Crippen molar-refractivity contribution in [1.82, 2.24) is 4.31 Å². The first-order valence-electron chi connectivity index (χ1n) is 8.76. The number of carbonyl (C=O) groups excluding carboxylic acids is 1. The van der Waals surface area contributed by atoms with Crippen molar-refractivity contribution in [3.63, 3.8) is 0 Å². The van der Waals surface area contributed by atoms with Gasteiger partial charge in [-0.05, 0) is 42.5 Å². The molecule has 2 rings (SSSR count). The normalized spacial score (nSPS) is 11.5. The second kappa shape index (κ2) is 9.50. The van der Waals surface area contributed by atoms with Gasteiger partial charge in [-0.2, -0.15) is 4.31 Å². The van der Waals surface area contributed by atoms with Gasteiger partial charge >= 0.3 is 0 Å². The number of amides is 1. The molecule has 0 aliphatic carbocycles. The number of hydrogen-bond donors (Lipinski definition) is 1. The first kappa shape index (κ1) is 20.1. The monoisotopic (exact) mass is 374 g/mol. The molecule has 2 aromatic carbocycles. The van der Waals surface area contributed by atoms with Crippen LogP contribution in [0.15, 0.2) is 54.6 Å². The van der Waals surface area contributed by atoms with E-state index in [-0.39, 0.29) is 12.5 Å². The Kier molecular flexibility index (Phi) is 7.36. The Morgan fingerprint density at radius 1 is 1.00 bits per heavy atom. The van der Waals surface area contributed by atoms with Gasteiger partial charge in [-0.3, -0.25) is 4.79 Å². The van der Waals surface area contributed by atoms with E-state index >= 15 is 0 Å². The topological polar surface area (TPSA) is 66.5 Å². The fourth-order valence-electron chi connectivity index (χ4n) is 2.65. The third kappa shape index (κ3) is 6.61. The van der Waals surface area contributed by atoms with Crippen LogP contribution < -0.4 is 5.32 Å². The molecule has 0 heterocycles. The first-order valence-corrected chi connectivity index (χ1v) is 10.6. The van der Waals surface area contributed by atoms with Crippen LogP contribution in [0.2, 0.25) is 0 Å². The lowest BCUT2D eigenvalue weighted by molar-refractivity contribution is -0.116. The van der Waals surface area contributed by atoms with E-state index in [1.807, 2.05) is 54.6 Å². The van der Waals surface area contributed by atoms with Crippen molar-refractivity contribution in [2.45, 2.75) is 26.2 Å². The average molecular weight is 375 g/mol. The molecule has 0 aliphatic rings. The molecule has 5 nitrogen and oxygen atoms in total. The molecule has 1 N–H and O–H groups in total. The third-order valence-electron chi connectivity index (χ3n) is 4.15. The second-order valence-corrected chi connectivity index (χ2v) is 8.27. The minimum Gasteiger partial charge on any atom is -0.325 e. The lowest BCUT2D eigenvalue weighted by Gasteiger charge is -2.19. The van der Waals surface area contributed by atoms with E-state index in [2.05, 4.69) is 12.2 Å². The molecular weight excluding hydrogens is 348 g/mol. The Morgan fingerprint density at radius 2 is 1.65 bits per heavy atom.